The molecule has 0 saturated carbocycles. The predicted octanol–water partition coefficient (Wildman–Crippen LogP) is -0.808. The zero-order valence-electron chi connectivity index (χ0n) is 22.5. The van der Waals surface area contributed by atoms with Crippen LogP contribution in [-0.2, 0) is 19.2 Å². The number of carbonyl (C=O) groups excluding carboxylic acids is 4. The second-order valence-corrected chi connectivity index (χ2v) is 9.80. The third kappa shape index (κ3) is 6.87. The summed E-state index contributed by atoms with van der Waals surface area (Å²) in [5.74, 6) is -3.97. The Morgan fingerprint density at radius 2 is 1.90 bits per heavy atom. The van der Waals surface area contributed by atoms with Gasteiger partial charge in [0.15, 0.2) is 17.1 Å². The number of carboxylic acids is 1. The number of nitrogens with two attached hydrogens (primary N) is 1. The average molecular weight is 562 g/mol. The van der Waals surface area contributed by atoms with Gasteiger partial charge in [0, 0.05) is 18.5 Å². The number of carboxylic acid groups (broad SMARTS) is 1. The Balaban J connectivity index is 1.79. The van der Waals surface area contributed by atoms with Crippen molar-refractivity contribution in [3.05, 3.63) is 30.0 Å². The minimum Gasteiger partial charge on any atom is -0.493 e. The number of furan rings is 1. The summed E-state index contributed by atoms with van der Waals surface area (Å²) in [7, 11) is 1.47. The molecule has 218 valence electrons. The van der Waals surface area contributed by atoms with Gasteiger partial charge in [0.25, 0.3) is 5.91 Å². The number of fused-ring (bicyclic) bond motifs is 1. The molecule has 1 aromatic carbocycles. The molecule has 0 unspecified atom stereocenters. The Labute approximate surface area is 230 Å². The molecule has 14 nitrogen and oxygen atoms in total. The molecule has 3 rings (SSSR count). The monoisotopic (exact) mass is 561 g/mol. The van der Waals surface area contributed by atoms with Gasteiger partial charge in [-0.25, -0.2) is 4.79 Å². The van der Waals surface area contributed by atoms with Crippen LogP contribution in [-0.4, -0.2) is 95.7 Å². The first kappa shape index (κ1) is 30.4. The van der Waals surface area contributed by atoms with Gasteiger partial charge in [-0.1, -0.05) is 26.0 Å². The molecule has 2 heterocycles. The van der Waals surface area contributed by atoms with Gasteiger partial charge < -0.3 is 46.0 Å². The van der Waals surface area contributed by atoms with Gasteiger partial charge in [0.05, 0.1) is 19.8 Å². The minimum atomic E-state index is -1.54. The number of likely N-dealkylation sites (tertiary alicyclic amines) is 1. The number of methoxy groups -OCH3 is 1. The number of para-hydroxylation sites is 1. The largest absolute Gasteiger partial charge is 0.493 e. The van der Waals surface area contributed by atoms with E-state index < -0.39 is 60.4 Å². The molecule has 1 aliphatic rings. The van der Waals surface area contributed by atoms with Crippen LogP contribution < -0.4 is 26.4 Å². The molecule has 1 saturated heterocycles. The normalized spacial score (nSPS) is 17.2. The maximum Gasteiger partial charge on any atom is 0.328 e. The Morgan fingerprint density at radius 1 is 1.18 bits per heavy atom. The van der Waals surface area contributed by atoms with E-state index in [1.54, 1.807) is 32.0 Å². The summed E-state index contributed by atoms with van der Waals surface area (Å²) in [5.41, 5.74) is 6.33. The highest BCUT2D eigenvalue weighted by Crippen LogP contribution is 2.28. The molecule has 1 aliphatic heterocycles. The lowest BCUT2D eigenvalue weighted by Crippen LogP contribution is -2.60. The smallest absolute Gasteiger partial charge is 0.328 e. The van der Waals surface area contributed by atoms with Gasteiger partial charge in [-0.3, -0.25) is 19.2 Å². The first-order valence-corrected chi connectivity index (χ1v) is 12.8. The highest BCUT2D eigenvalue weighted by molar-refractivity contribution is 5.98. The number of rotatable bonds is 12. The van der Waals surface area contributed by atoms with Crippen LogP contribution in [0.1, 0.15) is 37.2 Å². The van der Waals surface area contributed by atoms with E-state index in [1.807, 2.05) is 0 Å². The fourth-order valence-electron chi connectivity index (χ4n) is 4.32. The fraction of sp³-hybridized carbons (Fsp3) is 0.500. The summed E-state index contributed by atoms with van der Waals surface area (Å²) in [6.45, 7) is 2.46. The van der Waals surface area contributed by atoms with Gasteiger partial charge in [-0.05, 0) is 30.9 Å². The van der Waals surface area contributed by atoms with E-state index in [4.69, 9.17) is 20.0 Å². The van der Waals surface area contributed by atoms with Crippen LogP contribution in [0, 0.1) is 5.92 Å². The van der Waals surface area contributed by atoms with E-state index in [0.29, 0.717) is 23.1 Å². The Kier molecular flexibility index (Phi) is 10.1. The minimum absolute atomic E-state index is 0.0435. The molecular weight excluding hydrogens is 526 g/mol. The number of hydrogen-bond acceptors (Lipinski definition) is 9. The van der Waals surface area contributed by atoms with Crippen LogP contribution in [0.3, 0.4) is 0 Å². The molecule has 0 spiro atoms. The van der Waals surface area contributed by atoms with Crippen LogP contribution in [0.25, 0.3) is 11.0 Å². The van der Waals surface area contributed by atoms with Gasteiger partial charge >= 0.3 is 5.97 Å². The van der Waals surface area contributed by atoms with Crippen molar-refractivity contribution >= 4 is 40.6 Å². The molecule has 2 aromatic rings. The number of aliphatic carboxylic acids is 1. The topological polar surface area (TPSA) is 214 Å². The Morgan fingerprint density at radius 3 is 2.52 bits per heavy atom. The quantitative estimate of drug-likeness (QED) is 0.190. The van der Waals surface area contributed by atoms with Crippen LogP contribution in [0.4, 0.5) is 0 Å². The number of nitrogens with zero attached hydrogens (tertiary/aromatic N) is 1. The van der Waals surface area contributed by atoms with Crippen LogP contribution in [0.5, 0.6) is 5.75 Å². The van der Waals surface area contributed by atoms with E-state index in [-0.39, 0.29) is 31.2 Å². The number of aliphatic hydroxyl groups is 1. The number of amides is 4. The molecule has 1 fully saturated rings. The molecule has 4 amide bonds. The number of aliphatic hydroxyl groups excluding tert-OH is 1. The average Bonchev–Trinajstić information content (AvgIpc) is 3.60. The SMILES string of the molecule is COc1cccc2cc(C(=O)NC[C@H](NC(=O)[C@@H](N)C(C)C)C(=O)N3CCC[C@H]3C(=O)N[C@@H](CO)C(=O)O)oc12. The number of benzene rings is 1. The van der Waals surface area contributed by atoms with Crippen molar-refractivity contribution in [3.8, 4) is 5.75 Å². The third-order valence-corrected chi connectivity index (χ3v) is 6.69. The molecular formula is C26H35N5O9. The van der Waals surface area contributed by atoms with Crippen molar-refractivity contribution in [3.63, 3.8) is 0 Å². The summed E-state index contributed by atoms with van der Waals surface area (Å²) < 4.78 is 10.9. The highest BCUT2D eigenvalue weighted by atomic mass is 16.5. The zero-order valence-corrected chi connectivity index (χ0v) is 22.5. The molecule has 40 heavy (non-hydrogen) atoms. The van der Waals surface area contributed by atoms with E-state index in [9.17, 15) is 29.1 Å². The van der Waals surface area contributed by atoms with Crippen molar-refractivity contribution in [1.82, 2.24) is 20.9 Å². The van der Waals surface area contributed by atoms with Gasteiger partial charge in [0.2, 0.25) is 17.7 Å². The maximum absolute atomic E-state index is 13.6. The molecule has 0 aliphatic carbocycles. The van der Waals surface area contributed by atoms with Crippen LogP contribution in [0.15, 0.2) is 28.7 Å². The van der Waals surface area contributed by atoms with E-state index >= 15 is 0 Å². The molecule has 0 radical (unpaired) electrons. The summed E-state index contributed by atoms with van der Waals surface area (Å²) in [4.78, 5) is 64.5. The van der Waals surface area contributed by atoms with Gasteiger partial charge in [-0.2, -0.15) is 0 Å². The predicted molar refractivity (Wildman–Crippen MR) is 141 cm³/mol. The summed E-state index contributed by atoms with van der Waals surface area (Å²) in [5, 5.41) is 26.4. The summed E-state index contributed by atoms with van der Waals surface area (Å²) in [6, 6.07) is 1.87. The molecule has 0 bridgehead atoms. The number of ether oxygens (including phenoxy) is 1. The standard InChI is InChI=1S/C26H35N5O9/c1-13(2)20(27)24(35)29-15(11-28-23(34)19-10-14-6-4-8-18(39-3)21(14)40-19)25(36)31-9-5-7-17(31)22(33)30-16(12-32)26(37)38/h4,6,8,10,13,15-17,20,32H,5,7,9,11-12,27H2,1-3H3,(H,28,34)(H,29,35)(H,30,33)(H,37,38)/t15-,16-,17-,20-/m0/s1. The van der Waals surface area contributed by atoms with Crippen molar-refractivity contribution in [1.29, 1.82) is 0 Å². The lowest BCUT2D eigenvalue weighted by molar-refractivity contribution is -0.145. The molecule has 14 heteroatoms. The Bertz CT molecular complexity index is 1260. The van der Waals surface area contributed by atoms with Gasteiger partial charge in [0.1, 0.15) is 18.1 Å². The first-order valence-electron chi connectivity index (χ1n) is 12.8. The van der Waals surface area contributed by atoms with Crippen molar-refractivity contribution in [2.45, 2.75) is 50.9 Å². The van der Waals surface area contributed by atoms with E-state index in [2.05, 4.69) is 16.0 Å². The van der Waals surface area contributed by atoms with Crippen LogP contribution >= 0.6 is 0 Å². The summed E-state index contributed by atoms with van der Waals surface area (Å²) in [6.07, 6.45) is 0.689. The zero-order chi connectivity index (χ0) is 29.6. The second-order valence-electron chi connectivity index (χ2n) is 9.80. The molecule has 4 atom stereocenters. The van der Waals surface area contributed by atoms with E-state index in [0.717, 1.165) is 0 Å². The molecule has 7 N–H and O–H groups in total. The number of carbonyl (C=O) groups is 5. The Hall–Kier alpha value is -4.17. The lowest BCUT2D eigenvalue weighted by atomic mass is 10.0. The van der Waals surface area contributed by atoms with Gasteiger partial charge in [-0.15, -0.1) is 0 Å². The first-order chi connectivity index (χ1) is 19.0. The lowest BCUT2D eigenvalue weighted by Gasteiger charge is -2.30. The highest BCUT2D eigenvalue weighted by Gasteiger charge is 2.39. The van der Waals surface area contributed by atoms with Crippen LogP contribution in [0.2, 0.25) is 0 Å². The number of nitrogens with one attached hydrogen (secondary N) is 3. The fourth-order valence-corrected chi connectivity index (χ4v) is 4.32. The van der Waals surface area contributed by atoms with Crippen molar-refractivity contribution < 1.29 is 43.3 Å². The summed E-state index contributed by atoms with van der Waals surface area (Å²) >= 11 is 0. The number of hydrogen-bond donors (Lipinski definition) is 6. The van der Waals surface area contributed by atoms with Crippen molar-refractivity contribution in [2.24, 2.45) is 11.7 Å². The maximum atomic E-state index is 13.6. The van der Waals surface area contributed by atoms with E-state index in [1.165, 1.54) is 18.1 Å². The van der Waals surface area contributed by atoms with Crippen molar-refractivity contribution in [2.75, 3.05) is 26.8 Å². The molecule has 1 aromatic heterocycles. The second kappa shape index (κ2) is 13.3. The third-order valence-electron chi connectivity index (χ3n) is 6.69.